The number of piperidine rings is 1. The molecule has 140 valence electrons. The number of furan rings is 1. The predicted molar refractivity (Wildman–Crippen MR) is 88.1 cm³/mol. The fourth-order valence-corrected chi connectivity index (χ4v) is 4.06. The lowest BCUT2D eigenvalue weighted by Gasteiger charge is -2.45. The van der Waals surface area contributed by atoms with Gasteiger partial charge in [-0.1, -0.05) is 6.42 Å². The summed E-state index contributed by atoms with van der Waals surface area (Å²) in [6.45, 7) is 0.867. The van der Waals surface area contributed by atoms with Gasteiger partial charge in [-0.15, -0.1) is 0 Å². The lowest BCUT2D eigenvalue weighted by molar-refractivity contribution is -0.151. The Hall–Kier alpha value is -2.35. The molecular weight excluding hydrogens is 340 g/mol. The van der Waals surface area contributed by atoms with Gasteiger partial charge in [0.1, 0.15) is 5.72 Å². The van der Waals surface area contributed by atoms with Gasteiger partial charge in [0.15, 0.2) is 11.8 Å². The Balaban J connectivity index is 1.53. The maximum atomic E-state index is 12.9. The topological polar surface area (TPSA) is 100 Å². The number of hydrogen-bond donors (Lipinski definition) is 1. The number of ether oxygens (including phenoxy) is 1. The highest BCUT2D eigenvalue weighted by Gasteiger charge is 2.55. The highest BCUT2D eigenvalue weighted by Crippen LogP contribution is 2.39. The number of rotatable bonds is 3. The first-order valence-corrected chi connectivity index (χ1v) is 9.04. The van der Waals surface area contributed by atoms with Gasteiger partial charge in [0.2, 0.25) is 5.91 Å². The number of amides is 2. The van der Waals surface area contributed by atoms with E-state index in [4.69, 9.17) is 9.15 Å². The van der Waals surface area contributed by atoms with Gasteiger partial charge in [-0.2, -0.15) is 0 Å². The lowest BCUT2D eigenvalue weighted by atomic mass is 9.83. The van der Waals surface area contributed by atoms with Crippen LogP contribution in [0.1, 0.15) is 42.7 Å². The van der Waals surface area contributed by atoms with Crippen LogP contribution >= 0.6 is 0 Å². The Kier molecular flexibility index (Phi) is 4.22. The van der Waals surface area contributed by atoms with E-state index in [9.17, 15) is 19.5 Å². The normalized spacial score (nSPS) is 25.3. The van der Waals surface area contributed by atoms with Crippen molar-refractivity contribution in [1.29, 1.82) is 0 Å². The van der Waals surface area contributed by atoms with Crippen LogP contribution in [-0.4, -0.2) is 64.2 Å². The third kappa shape index (κ3) is 2.68. The summed E-state index contributed by atoms with van der Waals surface area (Å²) in [5, 5.41) is 9.53. The fraction of sp³-hybridized carbons (Fsp3) is 0.611. The standard InChI is InChI=1S/C18H22N2O6/c21-15(12-3-1-4-12)19-8-6-18(7-9-19)20(13(11-26-18)17(23)24)16(22)14-5-2-10-25-14/h2,5,10,12-13H,1,3-4,6-9,11H2,(H,23,24). The third-order valence-corrected chi connectivity index (χ3v) is 5.81. The Morgan fingerprint density at radius 3 is 2.46 bits per heavy atom. The maximum absolute atomic E-state index is 12.9. The largest absolute Gasteiger partial charge is 0.480 e. The molecule has 0 bridgehead atoms. The number of hydrogen-bond acceptors (Lipinski definition) is 5. The van der Waals surface area contributed by atoms with Crippen molar-refractivity contribution >= 4 is 17.8 Å². The quantitative estimate of drug-likeness (QED) is 0.870. The van der Waals surface area contributed by atoms with Crippen molar-refractivity contribution in [2.45, 2.75) is 43.9 Å². The van der Waals surface area contributed by atoms with Crippen molar-refractivity contribution in [1.82, 2.24) is 9.80 Å². The van der Waals surface area contributed by atoms with Crippen LogP contribution in [0.2, 0.25) is 0 Å². The van der Waals surface area contributed by atoms with Gasteiger partial charge < -0.3 is 19.2 Å². The van der Waals surface area contributed by atoms with Gasteiger partial charge in [-0.05, 0) is 25.0 Å². The van der Waals surface area contributed by atoms with Crippen LogP contribution < -0.4 is 0 Å². The minimum atomic E-state index is -1.10. The molecule has 1 aromatic rings. The van der Waals surface area contributed by atoms with E-state index in [-0.39, 0.29) is 24.2 Å². The Bertz CT molecular complexity index is 703. The monoisotopic (exact) mass is 362 g/mol. The molecule has 3 fully saturated rings. The molecule has 3 heterocycles. The zero-order chi connectivity index (χ0) is 18.3. The molecule has 1 unspecified atom stereocenters. The van der Waals surface area contributed by atoms with Crippen molar-refractivity contribution < 1.29 is 28.6 Å². The number of carboxylic acids is 1. The Morgan fingerprint density at radius 1 is 1.19 bits per heavy atom. The second kappa shape index (κ2) is 6.42. The number of aliphatic carboxylic acids is 1. The Labute approximate surface area is 150 Å². The summed E-state index contributed by atoms with van der Waals surface area (Å²) < 4.78 is 11.0. The average Bonchev–Trinajstić information content (AvgIpc) is 3.22. The lowest BCUT2D eigenvalue weighted by Crippen LogP contribution is -2.59. The average molecular weight is 362 g/mol. The van der Waals surface area contributed by atoms with Crippen LogP contribution in [0.3, 0.4) is 0 Å². The van der Waals surface area contributed by atoms with Crippen LogP contribution in [0.5, 0.6) is 0 Å². The van der Waals surface area contributed by atoms with Gasteiger partial charge in [-0.25, -0.2) is 4.79 Å². The first kappa shape index (κ1) is 17.1. The van der Waals surface area contributed by atoms with E-state index in [1.807, 2.05) is 4.90 Å². The molecule has 26 heavy (non-hydrogen) atoms. The van der Waals surface area contributed by atoms with Crippen molar-refractivity contribution in [2.24, 2.45) is 5.92 Å². The maximum Gasteiger partial charge on any atom is 0.328 e. The van der Waals surface area contributed by atoms with E-state index < -0.39 is 23.6 Å². The molecule has 0 radical (unpaired) electrons. The van der Waals surface area contributed by atoms with Crippen LogP contribution in [-0.2, 0) is 14.3 Å². The minimum absolute atomic E-state index is 0.0572. The van der Waals surface area contributed by atoms with Crippen molar-refractivity contribution in [3.8, 4) is 0 Å². The van der Waals surface area contributed by atoms with Gasteiger partial charge in [-0.3, -0.25) is 14.5 Å². The van der Waals surface area contributed by atoms with Gasteiger partial charge in [0, 0.05) is 31.8 Å². The van der Waals surface area contributed by atoms with Gasteiger partial charge in [0.25, 0.3) is 5.91 Å². The molecule has 1 spiro atoms. The van der Waals surface area contributed by atoms with Crippen molar-refractivity contribution in [3.05, 3.63) is 24.2 Å². The summed E-state index contributed by atoms with van der Waals surface area (Å²) in [6, 6.07) is 2.05. The Morgan fingerprint density at radius 2 is 1.92 bits per heavy atom. The summed E-state index contributed by atoms with van der Waals surface area (Å²) in [6.07, 6.45) is 5.18. The van der Waals surface area contributed by atoms with Gasteiger partial charge >= 0.3 is 5.97 Å². The molecule has 0 aromatic carbocycles. The van der Waals surface area contributed by atoms with E-state index in [2.05, 4.69) is 0 Å². The first-order valence-electron chi connectivity index (χ1n) is 9.04. The van der Waals surface area contributed by atoms with E-state index in [1.165, 1.54) is 17.2 Å². The van der Waals surface area contributed by atoms with E-state index in [0.717, 1.165) is 19.3 Å². The smallest absolute Gasteiger partial charge is 0.328 e. The molecule has 1 N–H and O–H groups in total. The fourth-order valence-electron chi connectivity index (χ4n) is 4.06. The van der Waals surface area contributed by atoms with Crippen LogP contribution in [0.15, 0.2) is 22.8 Å². The van der Waals surface area contributed by atoms with Crippen LogP contribution in [0.25, 0.3) is 0 Å². The molecule has 1 aromatic heterocycles. The molecule has 3 aliphatic rings. The molecule has 1 saturated carbocycles. The highest BCUT2D eigenvalue weighted by atomic mass is 16.5. The summed E-state index contributed by atoms with van der Waals surface area (Å²) in [5.74, 6) is -1.20. The highest BCUT2D eigenvalue weighted by molar-refractivity contribution is 5.95. The predicted octanol–water partition coefficient (Wildman–Crippen LogP) is 1.32. The van der Waals surface area contributed by atoms with Crippen molar-refractivity contribution in [2.75, 3.05) is 19.7 Å². The zero-order valence-electron chi connectivity index (χ0n) is 14.4. The van der Waals surface area contributed by atoms with Crippen LogP contribution in [0, 0.1) is 5.92 Å². The third-order valence-electron chi connectivity index (χ3n) is 5.81. The molecule has 2 aliphatic heterocycles. The molecule has 1 aliphatic carbocycles. The molecule has 1 atom stereocenters. The number of likely N-dealkylation sites (tertiary alicyclic amines) is 1. The molecule has 4 rings (SSSR count). The van der Waals surface area contributed by atoms with Crippen molar-refractivity contribution in [3.63, 3.8) is 0 Å². The number of carbonyl (C=O) groups is 3. The van der Waals surface area contributed by atoms with Crippen LogP contribution in [0.4, 0.5) is 0 Å². The minimum Gasteiger partial charge on any atom is -0.480 e. The molecule has 8 heteroatoms. The number of nitrogens with zero attached hydrogens (tertiary/aromatic N) is 2. The first-order chi connectivity index (χ1) is 12.5. The summed E-state index contributed by atoms with van der Waals surface area (Å²) in [5.41, 5.74) is -0.997. The van der Waals surface area contributed by atoms with Gasteiger partial charge in [0.05, 0.1) is 12.9 Å². The number of carboxylic acid groups (broad SMARTS) is 1. The molecule has 8 nitrogen and oxygen atoms in total. The van der Waals surface area contributed by atoms with E-state index in [0.29, 0.717) is 25.9 Å². The second-order valence-electron chi connectivity index (χ2n) is 7.22. The second-order valence-corrected chi connectivity index (χ2v) is 7.22. The summed E-state index contributed by atoms with van der Waals surface area (Å²) in [4.78, 5) is 40.1. The molecule has 2 amide bonds. The SMILES string of the molecule is O=C(O)C1COC2(CCN(C(=O)C3CCC3)CC2)N1C(=O)c1ccco1. The number of carbonyl (C=O) groups excluding carboxylic acids is 2. The molecular formula is C18H22N2O6. The summed E-state index contributed by atoms with van der Waals surface area (Å²) >= 11 is 0. The molecule has 2 saturated heterocycles. The van der Waals surface area contributed by atoms with E-state index >= 15 is 0 Å². The zero-order valence-corrected chi connectivity index (χ0v) is 14.4. The van der Waals surface area contributed by atoms with E-state index in [1.54, 1.807) is 6.07 Å². The summed E-state index contributed by atoms with van der Waals surface area (Å²) in [7, 11) is 0.